The van der Waals surface area contributed by atoms with Crippen molar-refractivity contribution in [2.45, 2.75) is 77.2 Å². The van der Waals surface area contributed by atoms with Gasteiger partial charge in [0.2, 0.25) is 0 Å². The molecule has 1 aliphatic rings. The Balaban J connectivity index is 2.59. The zero-order chi connectivity index (χ0) is 18.2. The number of carbonyl (C=O) groups is 1. The Morgan fingerprint density at radius 2 is 2.00 bits per heavy atom. The molecule has 3 atom stereocenters. The van der Waals surface area contributed by atoms with E-state index in [1.54, 1.807) is 0 Å². The molecule has 0 bridgehead atoms. The molecule has 1 rings (SSSR count). The molecule has 0 aromatic carbocycles. The maximum absolute atomic E-state index is 12.0. The van der Waals surface area contributed by atoms with Gasteiger partial charge in [0.25, 0.3) is 0 Å². The van der Waals surface area contributed by atoms with Gasteiger partial charge in [0.1, 0.15) is 12.1 Å². The molecule has 0 spiro atoms. The highest BCUT2D eigenvalue weighted by Gasteiger charge is 2.26. The predicted molar refractivity (Wildman–Crippen MR) is 99.7 cm³/mol. The number of carbonyl (C=O) groups excluding carboxylic acids is 1. The van der Waals surface area contributed by atoms with Crippen molar-refractivity contribution in [3.8, 4) is 0 Å². The summed E-state index contributed by atoms with van der Waals surface area (Å²) in [4.78, 5) is 16.1. The van der Waals surface area contributed by atoms with Crippen LogP contribution < -0.4 is 10.6 Å². The first-order chi connectivity index (χ1) is 11.2. The fraction of sp³-hybridized carbons (Fsp3) is 0.882. The third-order valence-corrected chi connectivity index (χ3v) is 5.49. The van der Waals surface area contributed by atoms with Gasteiger partial charge in [-0.25, -0.2) is 4.99 Å². The van der Waals surface area contributed by atoms with Crippen LogP contribution in [0, 0.1) is 0 Å². The third-order valence-electron chi connectivity index (χ3n) is 3.75. The van der Waals surface area contributed by atoms with Crippen LogP contribution in [-0.2, 0) is 20.3 Å². The molecule has 2 N–H and O–H groups in total. The van der Waals surface area contributed by atoms with Gasteiger partial charge < -0.3 is 15.4 Å². The number of hydrogen-bond acceptors (Lipinski definition) is 4. The van der Waals surface area contributed by atoms with E-state index in [-0.39, 0.29) is 23.8 Å². The number of hydrogen-bond donors (Lipinski definition) is 2. The molecule has 0 saturated heterocycles. The number of rotatable bonds is 6. The van der Waals surface area contributed by atoms with Crippen LogP contribution in [0.3, 0.4) is 0 Å². The first kappa shape index (κ1) is 20.9. The highest BCUT2D eigenvalue weighted by atomic mass is 32.2. The molecule has 1 saturated carbocycles. The van der Waals surface area contributed by atoms with E-state index < -0.39 is 16.4 Å². The molecule has 24 heavy (non-hydrogen) atoms. The fourth-order valence-corrected chi connectivity index (χ4v) is 4.13. The first-order valence-corrected chi connectivity index (χ1v) is 10.3. The molecule has 0 aromatic rings. The number of guanidine groups is 1. The van der Waals surface area contributed by atoms with Gasteiger partial charge in [-0.15, -0.1) is 0 Å². The average Bonchev–Trinajstić information content (AvgIpc) is 2.50. The van der Waals surface area contributed by atoms with E-state index in [0.717, 1.165) is 32.2 Å². The van der Waals surface area contributed by atoms with E-state index in [1.807, 2.05) is 34.6 Å². The largest absolute Gasteiger partial charge is 0.459 e. The van der Waals surface area contributed by atoms with Gasteiger partial charge in [0.15, 0.2) is 5.96 Å². The Morgan fingerprint density at radius 1 is 1.29 bits per heavy atom. The highest BCUT2D eigenvalue weighted by molar-refractivity contribution is 7.85. The van der Waals surface area contributed by atoms with E-state index in [0.29, 0.717) is 11.7 Å². The summed E-state index contributed by atoms with van der Waals surface area (Å²) in [7, 11) is -0.750. The Kier molecular flexibility index (Phi) is 8.73. The van der Waals surface area contributed by atoms with Crippen molar-refractivity contribution in [1.29, 1.82) is 0 Å². The maximum atomic E-state index is 12.0. The summed E-state index contributed by atoms with van der Waals surface area (Å²) in [6.45, 7) is 10.2. The van der Waals surface area contributed by atoms with Crippen LogP contribution in [-0.4, -0.2) is 51.9 Å². The van der Waals surface area contributed by atoms with Crippen molar-refractivity contribution in [1.82, 2.24) is 10.6 Å². The zero-order valence-corrected chi connectivity index (χ0v) is 16.5. The third kappa shape index (κ3) is 8.13. The second-order valence-corrected chi connectivity index (χ2v) is 9.09. The lowest BCUT2D eigenvalue weighted by Gasteiger charge is -2.30. The average molecular weight is 360 g/mol. The minimum atomic E-state index is -0.750. The van der Waals surface area contributed by atoms with Crippen molar-refractivity contribution in [2.75, 3.05) is 18.8 Å². The van der Waals surface area contributed by atoms with Gasteiger partial charge >= 0.3 is 5.97 Å². The molecule has 3 unspecified atom stereocenters. The van der Waals surface area contributed by atoms with Crippen molar-refractivity contribution in [3.63, 3.8) is 0 Å². The van der Waals surface area contributed by atoms with Crippen molar-refractivity contribution in [2.24, 2.45) is 4.99 Å². The Bertz CT molecular complexity index is 460. The van der Waals surface area contributed by atoms with E-state index in [1.165, 1.54) is 0 Å². The van der Waals surface area contributed by atoms with Crippen molar-refractivity contribution in [3.05, 3.63) is 0 Å². The summed E-state index contributed by atoms with van der Waals surface area (Å²) < 4.78 is 17.3. The monoisotopic (exact) mass is 359 g/mol. The van der Waals surface area contributed by atoms with Crippen LogP contribution >= 0.6 is 0 Å². The highest BCUT2D eigenvalue weighted by Crippen LogP contribution is 2.22. The summed E-state index contributed by atoms with van der Waals surface area (Å²) >= 11 is 0. The van der Waals surface area contributed by atoms with Crippen molar-refractivity contribution < 1.29 is 13.7 Å². The summed E-state index contributed by atoms with van der Waals surface area (Å²) in [5.74, 6) is 0.995. The Labute approximate surface area is 148 Å². The maximum Gasteiger partial charge on any atom is 0.328 e. The lowest BCUT2D eigenvalue weighted by Crippen LogP contribution is -2.47. The van der Waals surface area contributed by atoms with Gasteiger partial charge in [-0.2, -0.15) is 0 Å². The molecule has 0 aliphatic heterocycles. The molecule has 7 heteroatoms. The second-order valence-electron chi connectivity index (χ2n) is 7.08. The Hall–Kier alpha value is -1.11. The minimum absolute atomic E-state index is 0.0103. The summed E-state index contributed by atoms with van der Waals surface area (Å²) in [5, 5.41) is 6.80. The lowest BCUT2D eigenvalue weighted by molar-refractivity contribution is -0.152. The lowest BCUT2D eigenvalue weighted by atomic mass is 9.95. The molecular weight excluding hydrogens is 326 g/mol. The number of nitrogens with one attached hydrogen (secondary N) is 2. The smallest absolute Gasteiger partial charge is 0.328 e. The molecule has 0 amide bonds. The minimum Gasteiger partial charge on any atom is -0.459 e. The summed E-state index contributed by atoms with van der Waals surface area (Å²) in [6, 6.07) is 0.246. The Morgan fingerprint density at radius 3 is 2.58 bits per heavy atom. The second kappa shape index (κ2) is 10.0. The van der Waals surface area contributed by atoms with E-state index in [9.17, 15) is 9.00 Å². The van der Waals surface area contributed by atoms with Crippen LogP contribution in [0.15, 0.2) is 4.99 Å². The summed E-state index contributed by atoms with van der Waals surface area (Å²) in [6.07, 6.45) is 4.02. The molecule has 0 radical (unpaired) electrons. The van der Waals surface area contributed by atoms with Crippen LogP contribution in [0.4, 0.5) is 0 Å². The normalized spacial score (nSPS) is 23.5. The number of esters is 1. The van der Waals surface area contributed by atoms with E-state index >= 15 is 0 Å². The molecule has 0 aromatic heterocycles. The molecule has 6 nitrogen and oxygen atoms in total. The molecular formula is C17H33N3O3S. The first-order valence-electron chi connectivity index (χ1n) is 8.89. The van der Waals surface area contributed by atoms with Crippen LogP contribution in [0.5, 0.6) is 0 Å². The zero-order valence-electron chi connectivity index (χ0n) is 15.7. The van der Waals surface area contributed by atoms with Gasteiger partial charge in [-0.1, -0.05) is 13.3 Å². The van der Waals surface area contributed by atoms with Crippen molar-refractivity contribution >= 4 is 22.7 Å². The van der Waals surface area contributed by atoms with E-state index in [4.69, 9.17) is 4.74 Å². The molecule has 140 valence electrons. The van der Waals surface area contributed by atoms with E-state index in [2.05, 4.69) is 15.6 Å². The standard InChI is InChI=1S/C17H33N3O3S/c1-6-18-16(19-12-15(21)23-17(3,4)5)20-13-9-8-10-14(11-13)24(22)7-2/h13-14H,6-12H2,1-5H3,(H2,18,19,20). The topological polar surface area (TPSA) is 79.8 Å². The summed E-state index contributed by atoms with van der Waals surface area (Å²) in [5.41, 5.74) is -0.501. The van der Waals surface area contributed by atoms with Crippen LogP contribution in [0.2, 0.25) is 0 Å². The van der Waals surface area contributed by atoms with Gasteiger partial charge in [0, 0.05) is 34.4 Å². The number of ether oxygens (including phenoxy) is 1. The molecule has 1 aliphatic carbocycles. The van der Waals surface area contributed by atoms with Gasteiger partial charge in [0.05, 0.1) is 0 Å². The van der Waals surface area contributed by atoms with Crippen LogP contribution in [0.1, 0.15) is 60.3 Å². The number of nitrogens with zero attached hydrogens (tertiary/aromatic N) is 1. The SMILES string of the molecule is CCNC(=NCC(=O)OC(C)(C)C)NC1CCCC(S(=O)CC)C1. The fourth-order valence-electron chi connectivity index (χ4n) is 2.78. The van der Waals surface area contributed by atoms with Gasteiger partial charge in [-0.3, -0.25) is 9.00 Å². The quantitative estimate of drug-likeness (QED) is 0.430. The van der Waals surface area contributed by atoms with Crippen LogP contribution in [0.25, 0.3) is 0 Å². The van der Waals surface area contributed by atoms with Gasteiger partial charge in [-0.05, 0) is 47.0 Å². The number of aliphatic imine (C=N–C) groups is 1. The molecule has 0 heterocycles. The predicted octanol–water partition coefficient (Wildman–Crippen LogP) is 1.96. The molecule has 1 fully saturated rings.